The van der Waals surface area contributed by atoms with E-state index in [2.05, 4.69) is 30.2 Å². The van der Waals surface area contributed by atoms with Gasteiger partial charge in [-0.25, -0.2) is 4.79 Å². The van der Waals surface area contributed by atoms with E-state index in [0.717, 1.165) is 54.7 Å². The van der Waals surface area contributed by atoms with Gasteiger partial charge in [0, 0.05) is 34.1 Å². The zero-order valence-corrected chi connectivity index (χ0v) is 25.5. The minimum absolute atomic E-state index is 0.0125. The van der Waals surface area contributed by atoms with Crippen LogP contribution in [0.3, 0.4) is 0 Å². The van der Waals surface area contributed by atoms with Gasteiger partial charge in [0.25, 0.3) is 0 Å². The number of ketones is 1. The first-order valence-electron chi connectivity index (χ1n) is 15.2. The third-order valence-corrected chi connectivity index (χ3v) is 11.5. The van der Waals surface area contributed by atoms with E-state index >= 15 is 0 Å². The van der Waals surface area contributed by atoms with Gasteiger partial charge < -0.3 is 25.4 Å². The highest BCUT2D eigenvalue weighted by atomic mass is 32.2. The van der Waals surface area contributed by atoms with Crippen LogP contribution in [0, 0.1) is 40.4 Å². The average molecular weight is 614 g/mol. The number of benzene rings is 2. The molecule has 1 spiro atoms. The van der Waals surface area contributed by atoms with Gasteiger partial charge in [0.1, 0.15) is 17.0 Å². The molecule has 0 unspecified atom stereocenters. The number of phenols is 2. The lowest BCUT2D eigenvalue weighted by atomic mass is 9.51. The van der Waals surface area contributed by atoms with Crippen molar-refractivity contribution in [1.29, 1.82) is 0 Å². The molecule has 5 fully saturated rings. The Kier molecular flexibility index (Phi) is 6.69. The van der Waals surface area contributed by atoms with Crippen molar-refractivity contribution in [2.45, 2.75) is 75.4 Å². The van der Waals surface area contributed by atoms with Crippen LogP contribution in [-0.4, -0.2) is 44.7 Å². The number of carboxylic acid groups (broad SMARTS) is 1. The average Bonchev–Trinajstić information content (AvgIpc) is 3.72. The van der Waals surface area contributed by atoms with Gasteiger partial charge in [-0.2, -0.15) is 0 Å². The number of aromatic carboxylic acids is 1. The molecule has 6 atom stereocenters. The molecule has 2 aliphatic heterocycles. The summed E-state index contributed by atoms with van der Waals surface area (Å²) in [6, 6.07) is 10.2. The predicted molar refractivity (Wildman–Crippen MR) is 164 cm³/mol. The van der Waals surface area contributed by atoms with Gasteiger partial charge in [-0.3, -0.25) is 9.59 Å². The molecule has 4 aliphatic carbocycles. The highest BCUT2D eigenvalue weighted by Gasteiger charge is 2.72. The molecule has 0 radical (unpaired) electrons. The summed E-state index contributed by atoms with van der Waals surface area (Å²) in [7, 11) is 0. The van der Waals surface area contributed by atoms with Gasteiger partial charge in [-0.05, 0) is 87.1 Å². The normalized spacial score (nSPS) is 32.9. The number of anilines is 1. The Morgan fingerprint density at radius 2 is 1.95 bits per heavy atom. The molecule has 3 saturated carbocycles. The number of rotatable bonds is 7. The molecule has 9 heteroatoms. The minimum Gasteiger partial charge on any atom is -0.506 e. The van der Waals surface area contributed by atoms with Crippen molar-refractivity contribution in [2.24, 2.45) is 28.6 Å². The summed E-state index contributed by atoms with van der Waals surface area (Å²) in [5.74, 6) is 4.31. The van der Waals surface area contributed by atoms with Crippen LogP contribution in [0.4, 0.5) is 5.69 Å². The number of carboxylic acids is 1. The maximum Gasteiger partial charge on any atom is 0.339 e. The monoisotopic (exact) mass is 613 g/mol. The zero-order chi connectivity index (χ0) is 31.0. The highest BCUT2D eigenvalue weighted by Crippen LogP contribution is 2.72. The first-order chi connectivity index (χ1) is 20.9. The summed E-state index contributed by atoms with van der Waals surface area (Å²) in [6.45, 7) is 4.15. The Labute approximate surface area is 260 Å². The van der Waals surface area contributed by atoms with Crippen LogP contribution in [0.15, 0.2) is 52.3 Å². The molecule has 2 aromatic rings. The topological polar surface area (TPSA) is 133 Å². The van der Waals surface area contributed by atoms with Crippen molar-refractivity contribution < 1.29 is 34.4 Å². The lowest BCUT2D eigenvalue weighted by molar-refractivity contribution is -0.169. The Hall–Kier alpha value is -3.74. The largest absolute Gasteiger partial charge is 0.506 e. The van der Waals surface area contributed by atoms with E-state index in [0.29, 0.717) is 16.7 Å². The molecule has 4 N–H and O–H groups in total. The molecule has 2 heterocycles. The summed E-state index contributed by atoms with van der Waals surface area (Å²) in [5.41, 5.74) is -1.19. The van der Waals surface area contributed by atoms with Crippen LogP contribution in [-0.2, 0) is 14.3 Å². The number of ether oxygens (including phenoxy) is 1. The summed E-state index contributed by atoms with van der Waals surface area (Å²) < 4.78 is 6.61. The Balaban J connectivity index is 1.17. The van der Waals surface area contributed by atoms with E-state index in [4.69, 9.17) is 4.74 Å². The summed E-state index contributed by atoms with van der Waals surface area (Å²) in [5, 5.41) is 32.5. The van der Waals surface area contributed by atoms with E-state index in [-0.39, 0.29) is 47.4 Å². The van der Waals surface area contributed by atoms with Crippen LogP contribution in [0.2, 0.25) is 0 Å². The number of nitrogens with one attached hydrogen (secondary N) is 1. The fourth-order valence-corrected chi connectivity index (χ4v) is 9.67. The number of Topliss-reactive ketones (excluding diaryl/α,β-unsaturated/α-hetero) is 1. The fraction of sp³-hybridized carbons (Fsp3) is 0.457. The third kappa shape index (κ3) is 4.70. The second kappa shape index (κ2) is 10.1. The summed E-state index contributed by atoms with van der Waals surface area (Å²) in [6.07, 6.45) is 7.30. The van der Waals surface area contributed by atoms with Crippen LogP contribution in [0.1, 0.15) is 74.7 Å². The van der Waals surface area contributed by atoms with Gasteiger partial charge >= 0.3 is 5.97 Å². The van der Waals surface area contributed by atoms with Crippen LogP contribution >= 0.6 is 11.8 Å². The molecule has 8 nitrogen and oxygen atoms in total. The van der Waals surface area contributed by atoms with Crippen LogP contribution < -0.4 is 5.32 Å². The third-order valence-electron chi connectivity index (χ3n) is 10.5. The first-order valence-corrected chi connectivity index (χ1v) is 16.1. The molecule has 2 aromatic carbocycles. The number of hydrogen-bond acceptors (Lipinski definition) is 7. The van der Waals surface area contributed by atoms with E-state index in [9.17, 15) is 29.7 Å². The van der Waals surface area contributed by atoms with Gasteiger partial charge in [0.15, 0.2) is 11.5 Å². The SMILES string of the molecule is C[C@]12C[C@@]34C=C(Sc5cccc(C#CC6CC6)c5)C(=O)[C@@](C)(CCC(=O)Nc5c(O)ccc(C(=O)O)c5O)[C@@H]3[C@H](C[C@@H]1C4)O2. The molecule has 44 heavy (non-hydrogen) atoms. The number of amides is 1. The molecule has 4 bridgehead atoms. The standard InChI is InChI=1S/C35H35NO7S/c1-33(13-12-27(38)36-28-24(37)11-10-23(29(28)39)32(41)42)30-25-15-21-16-35(30,18-34(21,2)43-25)17-26(31(33)40)44-22-5-3-4-20(14-22)9-8-19-6-7-19/h3-5,10-11,14,17,19,21,25,30,37,39H,6-7,12-13,15-16,18H2,1-2H3,(H,36,38)(H,41,42)/t21-,25+,30+,33+,34+,35-/m1/s1. The Morgan fingerprint density at radius 3 is 2.68 bits per heavy atom. The first kappa shape index (κ1) is 29.0. The maximum absolute atomic E-state index is 14.5. The number of thioether (sulfide) groups is 1. The molecule has 1 amide bonds. The van der Waals surface area contributed by atoms with Crippen molar-refractivity contribution in [3.05, 3.63) is 58.5 Å². The van der Waals surface area contributed by atoms with Gasteiger partial charge in [-0.1, -0.05) is 42.7 Å². The molecule has 2 saturated heterocycles. The van der Waals surface area contributed by atoms with Crippen LogP contribution in [0.5, 0.6) is 11.5 Å². The highest BCUT2D eigenvalue weighted by molar-refractivity contribution is 8.04. The lowest BCUT2D eigenvalue weighted by Gasteiger charge is -2.56. The van der Waals surface area contributed by atoms with E-state index < -0.39 is 34.4 Å². The zero-order valence-electron chi connectivity index (χ0n) is 24.7. The number of carbonyl (C=O) groups is 3. The second-order valence-corrected chi connectivity index (χ2v) is 14.7. The van der Waals surface area contributed by atoms with Gasteiger partial charge in [-0.15, -0.1) is 0 Å². The molecule has 8 rings (SSSR count). The van der Waals surface area contributed by atoms with Crippen LogP contribution in [0.25, 0.3) is 0 Å². The number of carbonyl (C=O) groups excluding carboxylic acids is 2. The molecular weight excluding hydrogens is 578 g/mol. The molecule has 0 aromatic heterocycles. The van der Waals surface area contributed by atoms with Crippen molar-refractivity contribution in [1.82, 2.24) is 0 Å². The Morgan fingerprint density at radius 1 is 1.16 bits per heavy atom. The van der Waals surface area contributed by atoms with Crippen molar-refractivity contribution in [3.63, 3.8) is 0 Å². The van der Waals surface area contributed by atoms with Crippen molar-refractivity contribution >= 4 is 35.1 Å². The maximum atomic E-state index is 14.5. The number of hydrogen-bond donors (Lipinski definition) is 4. The minimum atomic E-state index is -1.39. The van der Waals surface area contributed by atoms with E-state index in [1.807, 2.05) is 31.2 Å². The van der Waals surface area contributed by atoms with E-state index in [1.165, 1.54) is 11.8 Å². The number of allylic oxidation sites excluding steroid dienone is 2. The van der Waals surface area contributed by atoms with Gasteiger partial charge in [0.2, 0.25) is 5.91 Å². The molecular formula is C35H35NO7S. The quantitative estimate of drug-likeness (QED) is 0.217. The van der Waals surface area contributed by atoms with Gasteiger partial charge in [0.05, 0.1) is 16.6 Å². The fourth-order valence-electron chi connectivity index (χ4n) is 8.47. The summed E-state index contributed by atoms with van der Waals surface area (Å²) >= 11 is 1.47. The smallest absolute Gasteiger partial charge is 0.339 e. The molecule has 228 valence electrons. The predicted octanol–water partition coefficient (Wildman–Crippen LogP) is 6.12. The number of aromatic hydroxyl groups is 2. The van der Waals surface area contributed by atoms with Crippen molar-refractivity contribution in [2.75, 3.05) is 5.32 Å². The lowest BCUT2D eigenvalue weighted by Crippen LogP contribution is -2.57. The summed E-state index contributed by atoms with van der Waals surface area (Å²) in [4.78, 5) is 40.8. The van der Waals surface area contributed by atoms with E-state index in [1.54, 1.807) is 0 Å². The second-order valence-electron chi connectivity index (χ2n) is 13.6. The Bertz CT molecular complexity index is 1700. The molecule has 6 aliphatic rings. The number of phenolic OH excluding ortho intramolecular Hbond substituents is 1. The van der Waals surface area contributed by atoms with Crippen molar-refractivity contribution in [3.8, 4) is 23.3 Å².